The van der Waals surface area contributed by atoms with Crippen molar-refractivity contribution in [3.63, 3.8) is 0 Å². The molecule has 1 aromatic carbocycles. The summed E-state index contributed by atoms with van der Waals surface area (Å²) < 4.78 is 4.87. The molecule has 18 heavy (non-hydrogen) atoms. The fourth-order valence-corrected chi connectivity index (χ4v) is 1.40. The number of ether oxygens (including phenoxy) is 1. The molecule has 0 aliphatic heterocycles. The predicted octanol–water partition coefficient (Wildman–Crippen LogP) is 1.57. The minimum atomic E-state index is -0.413. The highest BCUT2D eigenvalue weighted by molar-refractivity contribution is 5.94. The average Bonchev–Trinajstić information content (AvgIpc) is 2.37. The van der Waals surface area contributed by atoms with Crippen molar-refractivity contribution in [2.24, 2.45) is 0 Å². The Kier molecular flexibility index (Phi) is 5.87. The molecule has 0 heterocycles. The largest absolute Gasteiger partial charge is 0.462 e. The SMILES string of the molecule is CCOC(=O)c1cccc(NC(=O)CCCO)c1. The Morgan fingerprint density at radius 3 is 2.83 bits per heavy atom. The van der Waals surface area contributed by atoms with Gasteiger partial charge in [0.2, 0.25) is 5.91 Å². The summed E-state index contributed by atoms with van der Waals surface area (Å²) in [6.07, 6.45) is 0.670. The molecule has 98 valence electrons. The van der Waals surface area contributed by atoms with Crippen molar-refractivity contribution in [2.45, 2.75) is 19.8 Å². The van der Waals surface area contributed by atoms with Crippen LogP contribution in [0.4, 0.5) is 5.69 Å². The maximum atomic E-state index is 11.5. The lowest BCUT2D eigenvalue weighted by atomic mass is 10.2. The summed E-state index contributed by atoms with van der Waals surface area (Å²) in [4.78, 5) is 22.9. The zero-order chi connectivity index (χ0) is 13.4. The molecule has 0 radical (unpaired) electrons. The Labute approximate surface area is 106 Å². The number of anilines is 1. The zero-order valence-corrected chi connectivity index (χ0v) is 10.3. The molecule has 1 amide bonds. The summed E-state index contributed by atoms with van der Waals surface area (Å²) in [5.41, 5.74) is 0.945. The van der Waals surface area contributed by atoms with Gasteiger partial charge < -0.3 is 15.2 Å². The van der Waals surface area contributed by atoms with Gasteiger partial charge in [-0.15, -0.1) is 0 Å². The number of nitrogens with one attached hydrogen (secondary N) is 1. The quantitative estimate of drug-likeness (QED) is 0.752. The molecule has 0 aliphatic carbocycles. The molecule has 0 atom stereocenters. The number of esters is 1. The van der Waals surface area contributed by atoms with E-state index in [0.29, 0.717) is 24.3 Å². The lowest BCUT2D eigenvalue weighted by Crippen LogP contribution is -2.12. The maximum absolute atomic E-state index is 11.5. The predicted molar refractivity (Wildman–Crippen MR) is 67.3 cm³/mol. The molecule has 0 saturated carbocycles. The number of benzene rings is 1. The molecule has 0 fully saturated rings. The first-order chi connectivity index (χ1) is 8.67. The minimum absolute atomic E-state index is 0.0176. The van der Waals surface area contributed by atoms with E-state index in [-0.39, 0.29) is 18.9 Å². The van der Waals surface area contributed by atoms with Crippen molar-refractivity contribution < 1.29 is 19.4 Å². The normalized spacial score (nSPS) is 9.89. The Morgan fingerprint density at radius 2 is 2.17 bits per heavy atom. The fraction of sp³-hybridized carbons (Fsp3) is 0.385. The monoisotopic (exact) mass is 251 g/mol. The molecule has 0 spiro atoms. The smallest absolute Gasteiger partial charge is 0.338 e. The highest BCUT2D eigenvalue weighted by atomic mass is 16.5. The molecule has 0 aromatic heterocycles. The number of carbonyl (C=O) groups excluding carboxylic acids is 2. The molecule has 2 N–H and O–H groups in total. The van der Waals surface area contributed by atoms with Crippen LogP contribution < -0.4 is 5.32 Å². The third-order valence-electron chi connectivity index (χ3n) is 2.22. The number of hydrogen-bond acceptors (Lipinski definition) is 4. The highest BCUT2D eigenvalue weighted by Gasteiger charge is 2.08. The summed E-state index contributed by atoms with van der Waals surface area (Å²) in [5, 5.41) is 11.3. The van der Waals surface area contributed by atoms with Gasteiger partial charge in [-0.05, 0) is 31.5 Å². The van der Waals surface area contributed by atoms with Gasteiger partial charge in [-0.25, -0.2) is 4.79 Å². The number of aliphatic hydroxyl groups is 1. The van der Waals surface area contributed by atoms with Crippen LogP contribution in [-0.2, 0) is 9.53 Å². The Bertz CT molecular complexity index is 417. The van der Waals surface area contributed by atoms with E-state index in [1.165, 1.54) is 0 Å². The average molecular weight is 251 g/mol. The second-order valence-electron chi connectivity index (χ2n) is 3.68. The molecule has 0 unspecified atom stereocenters. The molecule has 0 aliphatic rings. The van der Waals surface area contributed by atoms with Gasteiger partial charge in [0.15, 0.2) is 0 Å². The Balaban J connectivity index is 2.64. The van der Waals surface area contributed by atoms with E-state index in [4.69, 9.17) is 9.84 Å². The van der Waals surface area contributed by atoms with Gasteiger partial charge in [-0.1, -0.05) is 6.07 Å². The molecule has 5 nitrogen and oxygen atoms in total. The Morgan fingerprint density at radius 1 is 1.39 bits per heavy atom. The van der Waals surface area contributed by atoms with Crippen molar-refractivity contribution in [1.29, 1.82) is 0 Å². The van der Waals surface area contributed by atoms with Crippen LogP contribution >= 0.6 is 0 Å². The molecule has 1 aromatic rings. The van der Waals surface area contributed by atoms with E-state index in [9.17, 15) is 9.59 Å². The summed E-state index contributed by atoms with van der Waals surface area (Å²) >= 11 is 0. The van der Waals surface area contributed by atoms with Gasteiger partial charge in [-0.3, -0.25) is 4.79 Å². The number of hydrogen-bond donors (Lipinski definition) is 2. The second kappa shape index (κ2) is 7.45. The van der Waals surface area contributed by atoms with Crippen molar-refractivity contribution >= 4 is 17.6 Å². The van der Waals surface area contributed by atoms with Crippen LogP contribution in [0, 0.1) is 0 Å². The van der Waals surface area contributed by atoms with Gasteiger partial charge in [0.25, 0.3) is 0 Å². The van der Waals surface area contributed by atoms with E-state index in [1.54, 1.807) is 31.2 Å². The summed E-state index contributed by atoms with van der Waals surface area (Å²) in [6.45, 7) is 2.03. The minimum Gasteiger partial charge on any atom is -0.462 e. The second-order valence-corrected chi connectivity index (χ2v) is 3.68. The number of amides is 1. The first kappa shape index (κ1) is 14.2. The van der Waals surface area contributed by atoms with Crippen molar-refractivity contribution in [1.82, 2.24) is 0 Å². The molecule has 0 bridgehead atoms. The third kappa shape index (κ3) is 4.55. The van der Waals surface area contributed by atoms with Crippen molar-refractivity contribution in [3.8, 4) is 0 Å². The van der Waals surface area contributed by atoms with Crippen LogP contribution in [0.5, 0.6) is 0 Å². The highest BCUT2D eigenvalue weighted by Crippen LogP contribution is 2.12. The van der Waals surface area contributed by atoms with Gasteiger partial charge >= 0.3 is 5.97 Å². The van der Waals surface area contributed by atoms with E-state index < -0.39 is 5.97 Å². The summed E-state index contributed by atoms with van der Waals surface area (Å²) in [6, 6.07) is 6.56. The maximum Gasteiger partial charge on any atom is 0.338 e. The third-order valence-corrected chi connectivity index (χ3v) is 2.22. The van der Waals surface area contributed by atoms with Crippen LogP contribution in [-0.4, -0.2) is 30.2 Å². The molecule has 1 rings (SSSR count). The molecular formula is C13H17NO4. The number of aliphatic hydroxyl groups excluding tert-OH is 1. The number of carbonyl (C=O) groups is 2. The summed E-state index contributed by atoms with van der Waals surface area (Å²) in [5.74, 6) is -0.603. The van der Waals surface area contributed by atoms with Gasteiger partial charge in [-0.2, -0.15) is 0 Å². The number of rotatable bonds is 6. The zero-order valence-electron chi connectivity index (χ0n) is 10.3. The van der Waals surface area contributed by atoms with Crippen LogP contribution in [0.3, 0.4) is 0 Å². The summed E-state index contributed by atoms with van der Waals surface area (Å²) in [7, 11) is 0. The van der Waals surface area contributed by atoms with Gasteiger partial charge in [0.1, 0.15) is 0 Å². The molecular weight excluding hydrogens is 234 g/mol. The van der Waals surface area contributed by atoms with Crippen molar-refractivity contribution in [2.75, 3.05) is 18.5 Å². The molecule has 0 saturated heterocycles. The van der Waals surface area contributed by atoms with Crippen LogP contribution in [0.25, 0.3) is 0 Å². The van der Waals surface area contributed by atoms with Crippen LogP contribution in [0.2, 0.25) is 0 Å². The van der Waals surface area contributed by atoms with Gasteiger partial charge in [0.05, 0.1) is 12.2 Å². The fourth-order valence-electron chi connectivity index (χ4n) is 1.40. The molecule has 5 heteroatoms. The first-order valence-corrected chi connectivity index (χ1v) is 5.85. The lowest BCUT2D eigenvalue weighted by Gasteiger charge is -2.06. The van der Waals surface area contributed by atoms with Crippen LogP contribution in [0.1, 0.15) is 30.1 Å². The van der Waals surface area contributed by atoms with E-state index in [1.807, 2.05) is 0 Å². The van der Waals surface area contributed by atoms with E-state index >= 15 is 0 Å². The standard InChI is InChI=1S/C13H17NO4/c1-2-18-13(17)10-5-3-6-11(9-10)14-12(16)7-4-8-15/h3,5-6,9,15H,2,4,7-8H2,1H3,(H,14,16). The van der Waals surface area contributed by atoms with Gasteiger partial charge in [0, 0.05) is 18.7 Å². The topological polar surface area (TPSA) is 75.6 Å². The van der Waals surface area contributed by atoms with Crippen molar-refractivity contribution in [3.05, 3.63) is 29.8 Å². The first-order valence-electron chi connectivity index (χ1n) is 5.85. The van der Waals surface area contributed by atoms with Crippen LogP contribution in [0.15, 0.2) is 24.3 Å². The lowest BCUT2D eigenvalue weighted by molar-refractivity contribution is -0.116. The van der Waals surface area contributed by atoms with E-state index in [0.717, 1.165) is 0 Å². The van der Waals surface area contributed by atoms with E-state index in [2.05, 4.69) is 5.32 Å². The Hall–Kier alpha value is -1.88.